The lowest BCUT2D eigenvalue weighted by Gasteiger charge is -2.10. The first-order chi connectivity index (χ1) is 15.4. The molecule has 1 heterocycles. The summed E-state index contributed by atoms with van der Waals surface area (Å²) in [6.45, 7) is 6.38. The van der Waals surface area contributed by atoms with Gasteiger partial charge in [0.15, 0.2) is 0 Å². The van der Waals surface area contributed by atoms with E-state index in [1.165, 1.54) is 6.08 Å². The first-order valence-corrected chi connectivity index (χ1v) is 11.3. The molecule has 1 aromatic heterocycles. The van der Waals surface area contributed by atoms with Gasteiger partial charge in [0.05, 0.1) is 10.7 Å². The molecule has 3 rings (SSSR count). The number of amides is 2. The summed E-state index contributed by atoms with van der Waals surface area (Å²) < 4.78 is 5.89. The van der Waals surface area contributed by atoms with Crippen LogP contribution in [0.2, 0.25) is 0 Å². The number of carbonyl (C=O) groups is 2. The molecule has 2 aromatic carbocycles. The van der Waals surface area contributed by atoms with E-state index in [1.54, 1.807) is 17.4 Å². The summed E-state index contributed by atoms with van der Waals surface area (Å²) in [6.07, 6.45) is 3.22. The lowest BCUT2D eigenvalue weighted by Crippen LogP contribution is -2.21. The number of nitrogens with one attached hydrogen (secondary N) is 2. The summed E-state index contributed by atoms with van der Waals surface area (Å²) >= 11 is 1.59. The van der Waals surface area contributed by atoms with Gasteiger partial charge < -0.3 is 15.4 Å². The molecule has 7 heteroatoms. The lowest BCUT2D eigenvalue weighted by atomic mass is 10.1. The van der Waals surface area contributed by atoms with Crippen molar-refractivity contribution >= 4 is 34.9 Å². The van der Waals surface area contributed by atoms with E-state index in [1.807, 2.05) is 74.7 Å². The van der Waals surface area contributed by atoms with Crippen LogP contribution in [0.25, 0.3) is 6.08 Å². The van der Waals surface area contributed by atoms with Crippen LogP contribution in [0.3, 0.4) is 0 Å². The highest BCUT2D eigenvalue weighted by molar-refractivity contribution is 7.09. The fourth-order valence-electron chi connectivity index (χ4n) is 2.84. The van der Waals surface area contributed by atoms with Gasteiger partial charge in [-0.1, -0.05) is 44.2 Å². The van der Waals surface area contributed by atoms with E-state index in [2.05, 4.69) is 15.6 Å². The fourth-order valence-corrected chi connectivity index (χ4v) is 3.43. The number of benzene rings is 2. The number of nitrogens with zero attached hydrogens (tertiary/aromatic N) is 1. The molecule has 2 N–H and O–H groups in total. The molecule has 0 bridgehead atoms. The van der Waals surface area contributed by atoms with Crippen LogP contribution < -0.4 is 15.4 Å². The number of hydrogen-bond donors (Lipinski definition) is 2. The third-order valence-corrected chi connectivity index (χ3v) is 5.38. The topological polar surface area (TPSA) is 80.3 Å². The van der Waals surface area contributed by atoms with Gasteiger partial charge in [-0.3, -0.25) is 9.59 Å². The number of anilines is 1. The minimum absolute atomic E-state index is 0.0417. The Morgan fingerprint density at radius 2 is 1.97 bits per heavy atom. The summed E-state index contributed by atoms with van der Waals surface area (Å²) in [7, 11) is 0. The minimum Gasteiger partial charge on any atom is -0.487 e. The molecule has 0 aliphatic rings. The van der Waals surface area contributed by atoms with E-state index >= 15 is 0 Å². The van der Waals surface area contributed by atoms with Gasteiger partial charge in [0.25, 0.3) is 0 Å². The predicted molar refractivity (Wildman–Crippen MR) is 128 cm³/mol. The average Bonchev–Trinajstić information content (AvgIpc) is 3.20. The molecule has 166 valence electrons. The van der Waals surface area contributed by atoms with Gasteiger partial charge in [0, 0.05) is 35.2 Å². The maximum atomic E-state index is 12.3. The van der Waals surface area contributed by atoms with Crippen molar-refractivity contribution in [3.8, 4) is 5.75 Å². The number of aryl methyl sites for hydroxylation is 1. The number of ether oxygens (including phenoxy) is 1. The van der Waals surface area contributed by atoms with E-state index in [-0.39, 0.29) is 17.7 Å². The zero-order valence-electron chi connectivity index (χ0n) is 18.4. The van der Waals surface area contributed by atoms with Crippen molar-refractivity contribution < 1.29 is 14.3 Å². The Morgan fingerprint density at radius 3 is 2.72 bits per heavy atom. The molecule has 0 atom stereocenters. The van der Waals surface area contributed by atoms with Gasteiger partial charge in [0.2, 0.25) is 11.8 Å². The van der Waals surface area contributed by atoms with Crippen LogP contribution >= 0.6 is 11.3 Å². The van der Waals surface area contributed by atoms with Crippen LogP contribution in [0.5, 0.6) is 5.75 Å². The monoisotopic (exact) mass is 449 g/mol. The standard InChI is InChI=1S/C25H27N3O3S/c1-17(2)25(30)28-21-9-6-7-19(13-21)14-26-24(29)12-11-20-8-4-5-10-23(20)31-15-22-16-32-18(3)27-22/h4-13,16-17H,14-15H2,1-3H3,(H,26,29)(H,28,30)/b12-11+. The number of thiazole rings is 1. The van der Waals surface area contributed by atoms with Crippen molar-refractivity contribution in [3.63, 3.8) is 0 Å². The Kier molecular flexibility index (Phi) is 8.16. The summed E-state index contributed by atoms with van der Waals surface area (Å²) in [5.74, 6) is 0.336. The van der Waals surface area contributed by atoms with Gasteiger partial charge in [0.1, 0.15) is 12.4 Å². The Hall–Kier alpha value is -3.45. The minimum atomic E-state index is -0.216. The van der Waals surface area contributed by atoms with Crippen LogP contribution in [-0.2, 0) is 22.7 Å². The molecule has 0 saturated heterocycles. The zero-order chi connectivity index (χ0) is 22.9. The van der Waals surface area contributed by atoms with E-state index < -0.39 is 0 Å². The molecule has 0 fully saturated rings. The average molecular weight is 450 g/mol. The van der Waals surface area contributed by atoms with Crippen LogP contribution in [0.4, 0.5) is 5.69 Å². The fraction of sp³-hybridized carbons (Fsp3) is 0.240. The molecule has 0 saturated carbocycles. The molecule has 3 aromatic rings. The second kappa shape index (κ2) is 11.2. The van der Waals surface area contributed by atoms with Crippen LogP contribution in [-0.4, -0.2) is 16.8 Å². The lowest BCUT2D eigenvalue weighted by molar-refractivity contribution is -0.119. The van der Waals surface area contributed by atoms with Gasteiger partial charge in [-0.15, -0.1) is 11.3 Å². The number of rotatable bonds is 9. The highest BCUT2D eigenvalue weighted by atomic mass is 32.1. The number of aromatic nitrogens is 1. The van der Waals surface area contributed by atoms with Gasteiger partial charge in [-0.2, -0.15) is 0 Å². The van der Waals surface area contributed by atoms with Crippen molar-refractivity contribution in [2.45, 2.75) is 33.9 Å². The first kappa shape index (κ1) is 23.2. The van der Waals surface area contributed by atoms with E-state index in [0.717, 1.165) is 21.8 Å². The SMILES string of the molecule is Cc1nc(COc2ccccc2/C=C/C(=O)NCc2cccc(NC(=O)C(C)C)c2)cs1. The molecule has 2 amide bonds. The molecule has 0 radical (unpaired) electrons. The Morgan fingerprint density at radius 1 is 1.16 bits per heavy atom. The quantitative estimate of drug-likeness (QED) is 0.453. The highest BCUT2D eigenvalue weighted by Crippen LogP contribution is 2.21. The molecular formula is C25H27N3O3S. The van der Waals surface area contributed by atoms with Crippen molar-refractivity contribution in [1.82, 2.24) is 10.3 Å². The largest absolute Gasteiger partial charge is 0.487 e. The van der Waals surface area contributed by atoms with Crippen molar-refractivity contribution in [3.05, 3.63) is 81.8 Å². The van der Waals surface area contributed by atoms with Crippen molar-refractivity contribution in [2.75, 3.05) is 5.32 Å². The summed E-state index contributed by atoms with van der Waals surface area (Å²) in [6, 6.07) is 15.0. The third-order valence-electron chi connectivity index (χ3n) is 4.56. The van der Waals surface area contributed by atoms with E-state index in [9.17, 15) is 9.59 Å². The molecular weight excluding hydrogens is 422 g/mol. The normalized spacial score (nSPS) is 11.0. The molecule has 32 heavy (non-hydrogen) atoms. The first-order valence-electron chi connectivity index (χ1n) is 10.4. The molecule has 6 nitrogen and oxygen atoms in total. The highest BCUT2D eigenvalue weighted by Gasteiger charge is 2.08. The Labute approximate surface area is 192 Å². The summed E-state index contributed by atoms with van der Waals surface area (Å²) in [4.78, 5) is 28.6. The smallest absolute Gasteiger partial charge is 0.244 e. The van der Waals surface area contributed by atoms with Gasteiger partial charge >= 0.3 is 0 Å². The molecule has 0 unspecified atom stereocenters. The predicted octanol–water partition coefficient (Wildman–Crippen LogP) is 4.95. The molecule has 0 aliphatic carbocycles. The second-order valence-electron chi connectivity index (χ2n) is 7.58. The van der Waals surface area contributed by atoms with Crippen LogP contribution in [0.1, 0.15) is 35.7 Å². The van der Waals surface area contributed by atoms with Gasteiger partial charge in [-0.25, -0.2) is 4.98 Å². The van der Waals surface area contributed by atoms with Crippen LogP contribution in [0.15, 0.2) is 60.0 Å². The van der Waals surface area contributed by atoms with Crippen LogP contribution in [0, 0.1) is 12.8 Å². The second-order valence-corrected chi connectivity index (χ2v) is 8.64. The maximum Gasteiger partial charge on any atom is 0.244 e. The number of carbonyl (C=O) groups excluding carboxylic acids is 2. The van der Waals surface area contributed by atoms with Crippen molar-refractivity contribution in [1.29, 1.82) is 0 Å². The van der Waals surface area contributed by atoms with Crippen molar-refractivity contribution in [2.24, 2.45) is 5.92 Å². The maximum absolute atomic E-state index is 12.3. The van der Waals surface area contributed by atoms with E-state index in [0.29, 0.717) is 24.6 Å². The zero-order valence-corrected chi connectivity index (χ0v) is 19.2. The number of hydrogen-bond acceptors (Lipinski definition) is 5. The Balaban J connectivity index is 1.55. The summed E-state index contributed by atoms with van der Waals surface area (Å²) in [5.41, 5.74) is 3.31. The van der Waals surface area contributed by atoms with E-state index in [4.69, 9.17) is 4.74 Å². The third kappa shape index (κ3) is 7.06. The summed E-state index contributed by atoms with van der Waals surface area (Å²) in [5, 5.41) is 8.71. The van der Waals surface area contributed by atoms with Gasteiger partial charge in [-0.05, 0) is 36.8 Å². The number of para-hydroxylation sites is 1. The Bertz CT molecular complexity index is 1110. The molecule has 0 aliphatic heterocycles. The molecule has 0 spiro atoms.